The van der Waals surface area contributed by atoms with Gasteiger partial charge in [-0.2, -0.15) is 0 Å². The molecule has 0 saturated carbocycles. The maximum Gasteiger partial charge on any atom is 0.151 e. The van der Waals surface area contributed by atoms with Crippen LogP contribution < -0.4 is 5.32 Å². The Labute approximate surface area is 89.5 Å². The molecule has 1 aliphatic rings. The monoisotopic (exact) mass is 231 g/mol. The third-order valence-corrected chi connectivity index (χ3v) is 3.97. The van der Waals surface area contributed by atoms with E-state index in [0.717, 1.165) is 19.5 Å². The van der Waals surface area contributed by atoms with Crippen LogP contribution in [0.5, 0.6) is 0 Å². The molecule has 0 aliphatic carbocycles. The van der Waals surface area contributed by atoms with Gasteiger partial charge in [0, 0.05) is 6.54 Å². The molecule has 1 aliphatic heterocycles. The van der Waals surface area contributed by atoms with Crippen molar-refractivity contribution < 1.29 is 4.21 Å². The van der Waals surface area contributed by atoms with Crippen molar-refractivity contribution in [2.75, 3.05) is 13.1 Å². The molecule has 2 heterocycles. The Balaban J connectivity index is 2.14. The number of rotatable bonds is 2. The number of hydrogen-bond acceptors (Lipinski definition) is 4. The molecular weight excluding hydrogens is 222 g/mol. The maximum absolute atomic E-state index is 11.9. The fourth-order valence-corrected chi connectivity index (χ4v) is 2.76. The second-order valence-corrected chi connectivity index (χ2v) is 5.17. The SMILES string of the molecule is O=[S@](c1ccc(Cl)nn1)[C@H]1CCNC1. The molecule has 0 aromatic carbocycles. The zero-order chi connectivity index (χ0) is 9.97. The molecule has 1 fully saturated rings. The van der Waals surface area contributed by atoms with Crippen molar-refractivity contribution in [3.05, 3.63) is 17.3 Å². The normalized spacial score (nSPS) is 23.6. The number of nitrogens with zero attached hydrogens (tertiary/aromatic N) is 2. The highest BCUT2D eigenvalue weighted by Gasteiger charge is 2.23. The minimum Gasteiger partial charge on any atom is -0.315 e. The van der Waals surface area contributed by atoms with Crippen LogP contribution in [0, 0.1) is 0 Å². The van der Waals surface area contributed by atoms with Gasteiger partial charge < -0.3 is 5.32 Å². The molecule has 0 bridgehead atoms. The third-order valence-electron chi connectivity index (χ3n) is 2.13. The van der Waals surface area contributed by atoms with Gasteiger partial charge >= 0.3 is 0 Å². The molecule has 0 radical (unpaired) electrons. The first-order valence-corrected chi connectivity index (χ1v) is 5.97. The smallest absolute Gasteiger partial charge is 0.151 e. The van der Waals surface area contributed by atoms with E-state index in [1.165, 1.54) is 0 Å². The molecule has 6 heteroatoms. The predicted octanol–water partition coefficient (Wildman–Crippen LogP) is 0.599. The van der Waals surface area contributed by atoms with Crippen molar-refractivity contribution in [1.82, 2.24) is 15.5 Å². The Bertz CT molecular complexity index is 337. The molecule has 2 atom stereocenters. The minimum atomic E-state index is -1.06. The summed E-state index contributed by atoms with van der Waals surface area (Å²) < 4.78 is 11.9. The Hall–Kier alpha value is -0.520. The zero-order valence-electron chi connectivity index (χ0n) is 7.44. The first kappa shape index (κ1) is 10.0. The van der Waals surface area contributed by atoms with Crippen molar-refractivity contribution in [2.24, 2.45) is 0 Å². The summed E-state index contributed by atoms with van der Waals surface area (Å²) in [6.45, 7) is 1.72. The van der Waals surface area contributed by atoms with Crippen molar-refractivity contribution in [3.63, 3.8) is 0 Å². The van der Waals surface area contributed by atoms with E-state index in [4.69, 9.17) is 11.6 Å². The van der Waals surface area contributed by atoms with Gasteiger partial charge in [-0.05, 0) is 25.1 Å². The quantitative estimate of drug-likeness (QED) is 0.810. The largest absolute Gasteiger partial charge is 0.315 e. The zero-order valence-corrected chi connectivity index (χ0v) is 9.01. The minimum absolute atomic E-state index is 0.158. The molecule has 14 heavy (non-hydrogen) atoms. The highest BCUT2D eigenvalue weighted by molar-refractivity contribution is 7.85. The van der Waals surface area contributed by atoms with Gasteiger partial charge in [-0.1, -0.05) is 11.6 Å². The first-order valence-electron chi connectivity index (χ1n) is 4.38. The van der Waals surface area contributed by atoms with Gasteiger partial charge in [0.2, 0.25) is 0 Å². The molecule has 1 aromatic heterocycles. The Morgan fingerprint density at radius 2 is 2.36 bits per heavy atom. The first-order chi connectivity index (χ1) is 6.77. The average molecular weight is 232 g/mol. The lowest BCUT2D eigenvalue weighted by atomic mass is 10.4. The molecule has 76 valence electrons. The van der Waals surface area contributed by atoms with E-state index in [1.54, 1.807) is 12.1 Å². The molecule has 1 saturated heterocycles. The Morgan fingerprint density at radius 1 is 1.50 bits per heavy atom. The number of aromatic nitrogens is 2. The van der Waals surface area contributed by atoms with E-state index in [1.807, 2.05) is 0 Å². The third kappa shape index (κ3) is 2.10. The van der Waals surface area contributed by atoms with E-state index in [-0.39, 0.29) is 5.25 Å². The van der Waals surface area contributed by atoms with Crippen molar-refractivity contribution in [1.29, 1.82) is 0 Å². The molecule has 0 amide bonds. The Kier molecular flexibility index (Phi) is 3.10. The van der Waals surface area contributed by atoms with Crippen LogP contribution in [-0.4, -0.2) is 32.7 Å². The van der Waals surface area contributed by atoms with Crippen LogP contribution in [0.1, 0.15) is 6.42 Å². The van der Waals surface area contributed by atoms with Crippen molar-refractivity contribution >= 4 is 22.4 Å². The number of nitrogens with one attached hydrogen (secondary N) is 1. The van der Waals surface area contributed by atoms with Gasteiger partial charge in [-0.3, -0.25) is 4.21 Å². The molecule has 0 spiro atoms. The van der Waals surface area contributed by atoms with E-state index in [0.29, 0.717) is 10.2 Å². The van der Waals surface area contributed by atoms with Gasteiger partial charge in [0.1, 0.15) is 5.03 Å². The average Bonchev–Trinajstić information content (AvgIpc) is 2.71. The summed E-state index contributed by atoms with van der Waals surface area (Å²) in [5.74, 6) is 0. The van der Waals surface area contributed by atoms with Gasteiger partial charge in [0.25, 0.3) is 0 Å². The predicted molar refractivity (Wildman–Crippen MR) is 54.7 cm³/mol. The summed E-state index contributed by atoms with van der Waals surface area (Å²) in [7, 11) is -1.06. The van der Waals surface area contributed by atoms with Gasteiger partial charge in [0.05, 0.1) is 16.0 Å². The topological polar surface area (TPSA) is 54.9 Å². The van der Waals surface area contributed by atoms with Crippen LogP contribution in [0.25, 0.3) is 0 Å². The number of hydrogen-bond donors (Lipinski definition) is 1. The highest BCUT2D eigenvalue weighted by Crippen LogP contribution is 2.14. The van der Waals surface area contributed by atoms with Crippen LogP contribution in [-0.2, 0) is 10.8 Å². The fourth-order valence-electron chi connectivity index (χ4n) is 1.39. The lowest BCUT2D eigenvalue weighted by molar-refractivity contribution is 0.667. The molecule has 1 aromatic rings. The van der Waals surface area contributed by atoms with E-state index in [9.17, 15) is 4.21 Å². The second kappa shape index (κ2) is 4.33. The van der Waals surface area contributed by atoms with Crippen LogP contribution in [0.15, 0.2) is 17.2 Å². The van der Waals surface area contributed by atoms with Gasteiger partial charge in [0.15, 0.2) is 5.15 Å². The van der Waals surface area contributed by atoms with Crippen molar-refractivity contribution in [3.8, 4) is 0 Å². The van der Waals surface area contributed by atoms with Crippen LogP contribution in [0.2, 0.25) is 5.15 Å². The Morgan fingerprint density at radius 3 is 2.93 bits per heavy atom. The summed E-state index contributed by atoms with van der Waals surface area (Å²) in [5, 5.41) is 11.7. The molecule has 4 nitrogen and oxygen atoms in total. The number of halogens is 1. The molecule has 1 N–H and O–H groups in total. The van der Waals surface area contributed by atoms with E-state index in [2.05, 4.69) is 15.5 Å². The lowest BCUT2D eigenvalue weighted by Crippen LogP contribution is -2.19. The fraction of sp³-hybridized carbons (Fsp3) is 0.500. The highest BCUT2D eigenvalue weighted by atomic mass is 35.5. The van der Waals surface area contributed by atoms with Crippen LogP contribution in [0.3, 0.4) is 0 Å². The van der Waals surface area contributed by atoms with Gasteiger partial charge in [-0.25, -0.2) is 0 Å². The lowest BCUT2D eigenvalue weighted by Gasteiger charge is -2.06. The second-order valence-electron chi connectivity index (χ2n) is 3.11. The summed E-state index contributed by atoms with van der Waals surface area (Å²) in [6, 6.07) is 3.29. The summed E-state index contributed by atoms with van der Waals surface area (Å²) in [4.78, 5) is 0. The van der Waals surface area contributed by atoms with E-state index < -0.39 is 10.8 Å². The standard InChI is InChI=1S/C8H10ClN3OS/c9-7-1-2-8(12-11-7)14(13)6-3-4-10-5-6/h1-2,6,10H,3-5H2/t6-,14-/m0/s1. The van der Waals surface area contributed by atoms with Gasteiger partial charge in [-0.15, -0.1) is 10.2 Å². The van der Waals surface area contributed by atoms with Crippen LogP contribution in [0.4, 0.5) is 0 Å². The molecular formula is C8H10ClN3OS. The summed E-state index contributed by atoms with van der Waals surface area (Å²) in [6.07, 6.45) is 0.927. The maximum atomic E-state index is 11.9. The summed E-state index contributed by atoms with van der Waals surface area (Å²) in [5.41, 5.74) is 0. The molecule has 0 unspecified atom stereocenters. The van der Waals surface area contributed by atoms with Crippen molar-refractivity contribution in [2.45, 2.75) is 16.7 Å². The summed E-state index contributed by atoms with van der Waals surface area (Å²) >= 11 is 5.59. The van der Waals surface area contributed by atoms with Crippen LogP contribution >= 0.6 is 11.6 Å². The molecule has 2 rings (SSSR count). The van der Waals surface area contributed by atoms with E-state index >= 15 is 0 Å².